The Morgan fingerprint density at radius 2 is 1.92 bits per heavy atom. The van der Waals surface area contributed by atoms with Gasteiger partial charge in [-0.2, -0.15) is 0 Å². The van der Waals surface area contributed by atoms with Gasteiger partial charge in [-0.25, -0.2) is 8.42 Å². The summed E-state index contributed by atoms with van der Waals surface area (Å²) in [6.45, 7) is 2.54. The van der Waals surface area contributed by atoms with E-state index in [1.807, 2.05) is 6.92 Å². The highest BCUT2D eigenvalue weighted by Crippen LogP contribution is 1.91. The van der Waals surface area contributed by atoms with E-state index in [9.17, 15) is 13.2 Å². The fraction of sp³-hybridized carbons (Fsp3) is 0.857. The van der Waals surface area contributed by atoms with Gasteiger partial charge < -0.3 is 4.90 Å². The molecule has 0 saturated heterocycles. The normalized spacial score (nSPS) is 11.2. The van der Waals surface area contributed by atoms with Gasteiger partial charge in [-0.3, -0.25) is 4.79 Å². The van der Waals surface area contributed by atoms with E-state index in [0.29, 0.717) is 6.54 Å². The highest BCUT2D eigenvalue weighted by molar-refractivity contribution is 7.91. The van der Waals surface area contributed by atoms with Crippen LogP contribution in [0.2, 0.25) is 0 Å². The molecule has 0 aliphatic rings. The van der Waals surface area contributed by atoms with Gasteiger partial charge in [0.2, 0.25) is 5.91 Å². The molecule has 0 aliphatic carbocycles. The molecular formula is C7H15NO3S. The van der Waals surface area contributed by atoms with Gasteiger partial charge in [0.05, 0.1) is 0 Å². The second-order valence-corrected chi connectivity index (χ2v) is 5.03. The van der Waals surface area contributed by atoms with E-state index >= 15 is 0 Å². The van der Waals surface area contributed by atoms with Crippen LogP contribution in [0.25, 0.3) is 0 Å². The van der Waals surface area contributed by atoms with Crippen molar-refractivity contribution in [1.29, 1.82) is 0 Å². The van der Waals surface area contributed by atoms with Crippen molar-refractivity contribution in [1.82, 2.24) is 4.90 Å². The van der Waals surface area contributed by atoms with Crippen LogP contribution in [0.1, 0.15) is 13.3 Å². The van der Waals surface area contributed by atoms with Crippen LogP contribution in [0.15, 0.2) is 0 Å². The number of hydrogen-bond donors (Lipinski definition) is 0. The van der Waals surface area contributed by atoms with Gasteiger partial charge in [-0.15, -0.1) is 0 Å². The molecule has 1 amide bonds. The summed E-state index contributed by atoms with van der Waals surface area (Å²) in [6.07, 6.45) is 1.90. The Morgan fingerprint density at radius 3 is 2.25 bits per heavy atom. The lowest BCUT2D eigenvalue weighted by Crippen LogP contribution is -2.32. The van der Waals surface area contributed by atoms with Gasteiger partial charge in [0.25, 0.3) is 0 Å². The average molecular weight is 193 g/mol. The summed E-state index contributed by atoms with van der Waals surface area (Å²) < 4.78 is 21.4. The Hall–Kier alpha value is -0.580. The molecule has 0 rings (SSSR count). The molecule has 0 fully saturated rings. The third-order valence-corrected chi connectivity index (χ3v) is 2.14. The maximum absolute atomic E-state index is 11.1. The largest absolute Gasteiger partial charge is 0.345 e. The fourth-order valence-corrected chi connectivity index (χ4v) is 1.46. The molecule has 0 aliphatic heterocycles. The van der Waals surface area contributed by atoms with Crippen LogP contribution in [0.4, 0.5) is 0 Å². The first-order valence-corrected chi connectivity index (χ1v) is 5.84. The third-order valence-electron chi connectivity index (χ3n) is 1.37. The molecule has 0 N–H and O–H groups in total. The van der Waals surface area contributed by atoms with Crippen molar-refractivity contribution in [2.45, 2.75) is 13.3 Å². The topological polar surface area (TPSA) is 54.5 Å². The van der Waals surface area contributed by atoms with Gasteiger partial charge >= 0.3 is 0 Å². The molecular weight excluding hydrogens is 178 g/mol. The molecule has 4 nitrogen and oxygen atoms in total. The van der Waals surface area contributed by atoms with Crippen LogP contribution in [-0.2, 0) is 14.6 Å². The van der Waals surface area contributed by atoms with Gasteiger partial charge in [-0.1, -0.05) is 6.92 Å². The minimum atomic E-state index is -3.18. The summed E-state index contributed by atoms with van der Waals surface area (Å²) in [5.74, 6) is -0.719. The van der Waals surface area contributed by atoms with E-state index in [1.54, 1.807) is 7.05 Å². The maximum Gasteiger partial charge on any atom is 0.237 e. The summed E-state index contributed by atoms with van der Waals surface area (Å²) in [7, 11) is -1.57. The molecule has 0 aromatic heterocycles. The SMILES string of the molecule is CCCN(C)C(=O)CS(C)(=O)=O. The molecule has 0 atom stereocenters. The predicted octanol–water partition coefficient (Wildman–Crippen LogP) is -0.101. The second-order valence-electron chi connectivity index (χ2n) is 2.89. The first-order chi connectivity index (χ1) is 5.37. The van der Waals surface area contributed by atoms with Crippen LogP contribution in [0, 0.1) is 0 Å². The van der Waals surface area contributed by atoms with Crippen molar-refractivity contribution >= 4 is 15.7 Å². The summed E-state index contributed by atoms with van der Waals surface area (Å²) >= 11 is 0. The van der Waals surface area contributed by atoms with E-state index < -0.39 is 9.84 Å². The van der Waals surface area contributed by atoms with Gasteiger partial charge in [0, 0.05) is 19.8 Å². The van der Waals surface area contributed by atoms with E-state index in [-0.39, 0.29) is 11.7 Å². The zero-order valence-electron chi connectivity index (χ0n) is 7.70. The van der Waals surface area contributed by atoms with Crippen LogP contribution < -0.4 is 0 Å². The molecule has 0 aromatic carbocycles. The second kappa shape index (κ2) is 4.45. The summed E-state index contributed by atoms with van der Waals surface area (Å²) in [4.78, 5) is 12.5. The lowest BCUT2D eigenvalue weighted by molar-refractivity contribution is -0.127. The first kappa shape index (κ1) is 11.4. The van der Waals surface area contributed by atoms with Crippen molar-refractivity contribution in [3.05, 3.63) is 0 Å². The van der Waals surface area contributed by atoms with Crippen molar-refractivity contribution in [2.75, 3.05) is 25.6 Å². The summed E-state index contributed by atoms with van der Waals surface area (Å²) in [5.41, 5.74) is 0. The summed E-state index contributed by atoms with van der Waals surface area (Å²) in [5, 5.41) is 0. The quantitative estimate of drug-likeness (QED) is 0.626. The highest BCUT2D eigenvalue weighted by atomic mass is 32.2. The zero-order valence-corrected chi connectivity index (χ0v) is 8.52. The Balaban J connectivity index is 4.05. The number of amides is 1. The lowest BCUT2D eigenvalue weighted by Gasteiger charge is -2.14. The Morgan fingerprint density at radius 1 is 1.42 bits per heavy atom. The van der Waals surface area contributed by atoms with Crippen molar-refractivity contribution in [3.63, 3.8) is 0 Å². The monoisotopic (exact) mass is 193 g/mol. The molecule has 0 heterocycles. The summed E-state index contributed by atoms with van der Waals surface area (Å²) in [6, 6.07) is 0. The Labute approximate surface area is 73.5 Å². The van der Waals surface area contributed by atoms with Gasteiger partial charge in [0.15, 0.2) is 9.84 Å². The Kier molecular flexibility index (Phi) is 4.23. The number of nitrogens with zero attached hydrogens (tertiary/aromatic N) is 1. The number of rotatable bonds is 4. The fourth-order valence-electron chi connectivity index (χ4n) is 0.795. The van der Waals surface area contributed by atoms with Crippen LogP contribution >= 0.6 is 0 Å². The molecule has 5 heteroatoms. The lowest BCUT2D eigenvalue weighted by atomic mass is 10.4. The number of sulfone groups is 1. The minimum absolute atomic E-state index is 0.334. The molecule has 0 spiro atoms. The van der Waals surface area contributed by atoms with Crippen molar-refractivity contribution in [2.24, 2.45) is 0 Å². The number of hydrogen-bond acceptors (Lipinski definition) is 3. The highest BCUT2D eigenvalue weighted by Gasteiger charge is 2.13. The van der Waals surface area contributed by atoms with E-state index in [4.69, 9.17) is 0 Å². The molecule has 0 unspecified atom stereocenters. The zero-order chi connectivity index (χ0) is 9.78. The van der Waals surface area contributed by atoms with E-state index in [2.05, 4.69) is 0 Å². The van der Waals surface area contributed by atoms with E-state index in [0.717, 1.165) is 12.7 Å². The maximum atomic E-state index is 11.1. The van der Waals surface area contributed by atoms with Crippen LogP contribution in [-0.4, -0.2) is 44.8 Å². The van der Waals surface area contributed by atoms with Crippen molar-refractivity contribution in [3.8, 4) is 0 Å². The minimum Gasteiger partial charge on any atom is -0.345 e. The van der Waals surface area contributed by atoms with Crippen molar-refractivity contribution < 1.29 is 13.2 Å². The number of carbonyl (C=O) groups excluding carboxylic acids is 1. The molecule has 0 bridgehead atoms. The van der Waals surface area contributed by atoms with Crippen LogP contribution in [0.3, 0.4) is 0 Å². The van der Waals surface area contributed by atoms with E-state index in [1.165, 1.54) is 4.90 Å². The average Bonchev–Trinajstić information content (AvgIpc) is 1.84. The van der Waals surface area contributed by atoms with Gasteiger partial charge in [0.1, 0.15) is 5.75 Å². The predicted molar refractivity (Wildman–Crippen MR) is 47.6 cm³/mol. The molecule has 0 saturated carbocycles. The standard InChI is InChI=1S/C7H15NO3S/c1-4-5-8(2)7(9)6-12(3,10)11/h4-6H2,1-3H3. The van der Waals surface area contributed by atoms with Crippen LogP contribution in [0.5, 0.6) is 0 Å². The first-order valence-electron chi connectivity index (χ1n) is 3.78. The number of carbonyl (C=O) groups is 1. The Bertz CT molecular complexity index is 245. The smallest absolute Gasteiger partial charge is 0.237 e. The van der Waals surface area contributed by atoms with Gasteiger partial charge in [-0.05, 0) is 6.42 Å². The molecule has 72 valence electrons. The molecule has 12 heavy (non-hydrogen) atoms. The molecule has 0 radical (unpaired) electrons. The third kappa shape index (κ3) is 5.12. The molecule has 0 aromatic rings.